The maximum absolute atomic E-state index is 13.9. The summed E-state index contributed by atoms with van der Waals surface area (Å²) in [5.74, 6) is -0.395. The van der Waals surface area contributed by atoms with E-state index in [9.17, 15) is 9.18 Å². The number of ether oxygens (including phenoxy) is 2. The normalized spacial score (nSPS) is 17.0. The Labute approximate surface area is 148 Å². The van der Waals surface area contributed by atoms with Crippen molar-refractivity contribution >= 4 is 18.3 Å². The second-order valence-corrected chi connectivity index (χ2v) is 5.70. The van der Waals surface area contributed by atoms with Gasteiger partial charge in [-0.15, -0.1) is 12.4 Å². The molecule has 0 bridgehead atoms. The van der Waals surface area contributed by atoms with E-state index in [0.29, 0.717) is 24.3 Å². The molecule has 0 aromatic heterocycles. The van der Waals surface area contributed by atoms with Gasteiger partial charge in [0, 0.05) is 37.4 Å². The summed E-state index contributed by atoms with van der Waals surface area (Å²) in [5, 5.41) is 3.12. The number of rotatable bonds is 8. The van der Waals surface area contributed by atoms with E-state index in [1.54, 1.807) is 19.2 Å². The molecule has 1 saturated heterocycles. The van der Waals surface area contributed by atoms with Crippen molar-refractivity contribution in [2.24, 2.45) is 0 Å². The number of likely N-dealkylation sites (tertiary alicyclic amines) is 1. The Morgan fingerprint density at radius 3 is 2.92 bits per heavy atom. The van der Waals surface area contributed by atoms with Crippen molar-refractivity contribution in [1.82, 2.24) is 10.2 Å². The standard InChI is InChI=1S/C17H25FN2O3.ClH/c1-19-11-15-4-3-7-20(15)17(21)13-5-6-16(18)14(10-13)12-23-9-8-22-2;/h5-6,10,15,19H,3-4,7-9,11-12H2,1-2H3;1H. The van der Waals surface area contributed by atoms with E-state index in [0.717, 1.165) is 25.9 Å². The van der Waals surface area contributed by atoms with Crippen molar-refractivity contribution in [3.8, 4) is 0 Å². The van der Waals surface area contributed by atoms with E-state index >= 15 is 0 Å². The fourth-order valence-electron chi connectivity index (χ4n) is 2.86. The summed E-state index contributed by atoms with van der Waals surface area (Å²) >= 11 is 0. The molecule has 2 rings (SSSR count). The van der Waals surface area contributed by atoms with E-state index in [2.05, 4.69) is 5.32 Å². The second kappa shape index (κ2) is 10.6. The molecule has 1 fully saturated rings. The molecule has 1 aromatic carbocycles. The molecule has 24 heavy (non-hydrogen) atoms. The lowest BCUT2D eigenvalue weighted by molar-refractivity contribution is 0.0602. The Balaban J connectivity index is 0.00000288. The van der Waals surface area contributed by atoms with Crippen LogP contribution in [-0.2, 0) is 16.1 Å². The summed E-state index contributed by atoms with van der Waals surface area (Å²) in [4.78, 5) is 14.6. The van der Waals surface area contributed by atoms with E-state index in [4.69, 9.17) is 9.47 Å². The Morgan fingerprint density at radius 2 is 2.21 bits per heavy atom. The fourth-order valence-corrected chi connectivity index (χ4v) is 2.86. The van der Waals surface area contributed by atoms with Gasteiger partial charge >= 0.3 is 0 Å². The first kappa shape index (κ1) is 20.8. The third-order valence-corrected chi connectivity index (χ3v) is 4.06. The van der Waals surface area contributed by atoms with Crippen molar-refractivity contribution in [3.63, 3.8) is 0 Å². The predicted molar refractivity (Wildman–Crippen MR) is 93.2 cm³/mol. The molecule has 1 aliphatic heterocycles. The van der Waals surface area contributed by atoms with Crippen molar-refractivity contribution in [2.75, 3.05) is 40.5 Å². The first-order valence-corrected chi connectivity index (χ1v) is 7.98. The number of carbonyl (C=O) groups is 1. The van der Waals surface area contributed by atoms with Crippen molar-refractivity contribution < 1.29 is 18.7 Å². The molecule has 1 aliphatic rings. The van der Waals surface area contributed by atoms with Gasteiger partial charge < -0.3 is 19.7 Å². The molecule has 1 heterocycles. The van der Waals surface area contributed by atoms with Gasteiger partial charge in [0.25, 0.3) is 5.91 Å². The molecule has 0 saturated carbocycles. The van der Waals surface area contributed by atoms with Crippen LogP contribution < -0.4 is 5.32 Å². The monoisotopic (exact) mass is 360 g/mol. The number of nitrogens with one attached hydrogen (secondary N) is 1. The largest absolute Gasteiger partial charge is 0.382 e. The molecule has 7 heteroatoms. The zero-order chi connectivity index (χ0) is 16.7. The number of methoxy groups -OCH3 is 1. The molecular formula is C17H26ClFN2O3. The van der Waals surface area contributed by atoms with Gasteiger partial charge in [-0.2, -0.15) is 0 Å². The van der Waals surface area contributed by atoms with Crippen LogP contribution in [0.25, 0.3) is 0 Å². The Morgan fingerprint density at radius 1 is 1.42 bits per heavy atom. The van der Waals surface area contributed by atoms with Crippen molar-refractivity contribution in [3.05, 3.63) is 35.1 Å². The first-order valence-electron chi connectivity index (χ1n) is 7.98. The van der Waals surface area contributed by atoms with Crippen LogP contribution in [0.4, 0.5) is 4.39 Å². The van der Waals surface area contributed by atoms with Crippen LogP contribution in [-0.4, -0.2) is 57.3 Å². The molecule has 1 unspecified atom stereocenters. The van der Waals surface area contributed by atoms with Crippen LogP contribution in [0.15, 0.2) is 18.2 Å². The van der Waals surface area contributed by atoms with Gasteiger partial charge in [-0.05, 0) is 38.1 Å². The third-order valence-electron chi connectivity index (χ3n) is 4.06. The number of benzene rings is 1. The summed E-state index contributed by atoms with van der Waals surface area (Å²) in [5.41, 5.74) is 0.913. The van der Waals surface area contributed by atoms with Crippen LogP contribution >= 0.6 is 12.4 Å². The van der Waals surface area contributed by atoms with Gasteiger partial charge in [0.1, 0.15) is 5.82 Å². The third kappa shape index (κ3) is 5.41. The number of likely N-dealkylation sites (N-methyl/N-ethyl adjacent to an activating group) is 1. The highest BCUT2D eigenvalue weighted by Gasteiger charge is 2.29. The number of carbonyl (C=O) groups excluding carboxylic acids is 1. The maximum Gasteiger partial charge on any atom is 0.254 e. The van der Waals surface area contributed by atoms with Gasteiger partial charge in [-0.3, -0.25) is 4.79 Å². The van der Waals surface area contributed by atoms with Gasteiger partial charge in [-0.1, -0.05) is 0 Å². The number of nitrogens with zero attached hydrogens (tertiary/aromatic N) is 1. The van der Waals surface area contributed by atoms with Gasteiger partial charge in [0.05, 0.1) is 19.8 Å². The molecule has 0 radical (unpaired) electrons. The van der Waals surface area contributed by atoms with E-state index in [-0.39, 0.29) is 36.8 Å². The SMILES string of the molecule is CNCC1CCCN1C(=O)c1ccc(F)c(COCCOC)c1.Cl. The zero-order valence-electron chi connectivity index (χ0n) is 14.2. The summed E-state index contributed by atoms with van der Waals surface area (Å²) in [6.45, 7) is 2.52. The highest BCUT2D eigenvalue weighted by Crippen LogP contribution is 2.21. The Bertz CT molecular complexity index is 531. The highest BCUT2D eigenvalue weighted by atomic mass is 35.5. The molecular weight excluding hydrogens is 335 g/mol. The number of amides is 1. The average molecular weight is 361 g/mol. The molecule has 1 aromatic rings. The molecule has 136 valence electrons. The molecule has 0 spiro atoms. The van der Waals surface area contributed by atoms with Crippen LogP contribution in [0.3, 0.4) is 0 Å². The molecule has 0 aliphatic carbocycles. The van der Waals surface area contributed by atoms with Gasteiger partial charge in [0.2, 0.25) is 0 Å². The smallest absolute Gasteiger partial charge is 0.254 e. The Kier molecular flexibility index (Phi) is 9.21. The van der Waals surface area contributed by atoms with E-state index < -0.39 is 0 Å². The van der Waals surface area contributed by atoms with E-state index in [1.807, 2.05) is 11.9 Å². The molecule has 1 amide bonds. The highest BCUT2D eigenvalue weighted by molar-refractivity contribution is 5.94. The summed E-state index contributed by atoms with van der Waals surface area (Å²) in [6.07, 6.45) is 2.01. The average Bonchev–Trinajstić information content (AvgIpc) is 3.01. The predicted octanol–water partition coefficient (Wildman–Crippen LogP) is 2.23. The lowest BCUT2D eigenvalue weighted by atomic mass is 10.1. The summed E-state index contributed by atoms with van der Waals surface area (Å²) in [6, 6.07) is 4.69. The van der Waals surface area contributed by atoms with Crippen LogP contribution in [0.5, 0.6) is 0 Å². The fraction of sp³-hybridized carbons (Fsp3) is 0.588. The zero-order valence-corrected chi connectivity index (χ0v) is 15.0. The lowest BCUT2D eigenvalue weighted by Crippen LogP contribution is -2.40. The quantitative estimate of drug-likeness (QED) is 0.722. The first-order chi connectivity index (χ1) is 11.2. The summed E-state index contributed by atoms with van der Waals surface area (Å²) in [7, 11) is 3.47. The van der Waals surface area contributed by atoms with Crippen molar-refractivity contribution in [1.29, 1.82) is 0 Å². The number of hydrogen-bond acceptors (Lipinski definition) is 4. The maximum atomic E-state index is 13.9. The van der Waals surface area contributed by atoms with Crippen LogP contribution in [0.1, 0.15) is 28.8 Å². The molecule has 1 N–H and O–H groups in total. The molecule has 5 nitrogen and oxygen atoms in total. The minimum absolute atomic E-state index is 0. The number of halogens is 2. The summed E-state index contributed by atoms with van der Waals surface area (Å²) < 4.78 is 24.1. The van der Waals surface area contributed by atoms with Gasteiger partial charge in [0.15, 0.2) is 0 Å². The topological polar surface area (TPSA) is 50.8 Å². The minimum atomic E-state index is -0.354. The Hall–Kier alpha value is -1.21. The van der Waals surface area contributed by atoms with Crippen LogP contribution in [0, 0.1) is 5.82 Å². The molecule has 1 atom stereocenters. The van der Waals surface area contributed by atoms with Crippen LogP contribution in [0.2, 0.25) is 0 Å². The second-order valence-electron chi connectivity index (χ2n) is 5.70. The minimum Gasteiger partial charge on any atom is -0.382 e. The van der Waals surface area contributed by atoms with Crippen molar-refractivity contribution in [2.45, 2.75) is 25.5 Å². The lowest BCUT2D eigenvalue weighted by Gasteiger charge is -2.24. The number of hydrogen-bond donors (Lipinski definition) is 1. The van der Waals surface area contributed by atoms with E-state index in [1.165, 1.54) is 6.07 Å². The van der Waals surface area contributed by atoms with Gasteiger partial charge in [-0.25, -0.2) is 4.39 Å².